The van der Waals surface area contributed by atoms with Crippen molar-refractivity contribution in [3.63, 3.8) is 0 Å². The van der Waals surface area contributed by atoms with Crippen LogP contribution < -0.4 is 5.32 Å². The molecule has 1 amide bonds. The Labute approximate surface area is 162 Å². The first-order valence-electron chi connectivity index (χ1n) is 9.04. The SMILES string of the molecule is COCCNC(=O)c1cccc(-n2ccnc2-c2cccc3ccnn23)c1C. The van der Waals surface area contributed by atoms with Gasteiger partial charge in [0, 0.05) is 31.6 Å². The largest absolute Gasteiger partial charge is 0.383 e. The van der Waals surface area contributed by atoms with E-state index in [4.69, 9.17) is 4.74 Å². The van der Waals surface area contributed by atoms with Gasteiger partial charge < -0.3 is 10.1 Å². The van der Waals surface area contributed by atoms with Crippen molar-refractivity contribution < 1.29 is 9.53 Å². The topological polar surface area (TPSA) is 73.4 Å². The van der Waals surface area contributed by atoms with Gasteiger partial charge in [0.15, 0.2) is 5.82 Å². The van der Waals surface area contributed by atoms with Gasteiger partial charge in [-0.25, -0.2) is 9.50 Å². The van der Waals surface area contributed by atoms with Crippen LogP contribution in [0.5, 0.6) is 0 Å². The summed E-state index contributed by atoms with van der Waals surface area (Å²) in [6.45, 7) is 2.89. The number of hydrogen-bond donors (Lipinski definition) is 1. The minimum absolute atomic E-state index is 0.118. The van der Waals surface area contributed by atoms with Crippen molar-refractivity contribution in [1.82, 2.24) is 24.5 Å². The van der Waals surface area contributed by atoms with Crippen molar-refractivity contribution in [3.05, 3.63) is 72.2 Å². The summed E-state index contributed by atoms with van der Waals surface area (Å²) in [6.07, 6.45) is 5.41. The second-order valence-electron chi connectivity index (χ2n) is 6.40. The molecule has 1 N–H and O–H groups in total. The van der Waals surface area contributed by atoms with Gasteiger partial charge in [0.2, 0.25) is 0 Å². The van der Waals surface area contributed by atoms with Crippen LogP contribution in [0.25, 0.3) is 22.7 Å². The molecule has 7 heteroatoms. The van der Waals surface area contributed by atoms with Gasteiger partial charge >= 0.3 is 0 Å². The van der Waals surface area contributed by atoms with Crippen LogP contribution in [0, 0.1) is 6.92 Å². The van der Waals surface area contributed by atoms with Crippen LogP contribution >= 0.6 is 0 Å². The summed E-state index contributed by atoms with van der Waals surface area (Å²) in [7, 11) is 1.61. The molecule has 3 aromatic heterocycles. The molecule has 0 bridgehead atoms. The number of imidazole rings is 1. The fourth-order valence-corrected chi connectivity index (χ4v) is 3.30. The highest BCUT2D eigenvalue weighted by molar-refractivity contribution is 5.96. The predicted octanol–water partition coefficient (Wildman–Crippen LogP) is 2.87. The highest BCUT2D eigenvalue weighted by Crippen LogP contribution is 2.25. The molecule has 3 heterocycles. The lowest BCUT2D eigenvalue weighted by Crippen LogP contribution is -2.27. The van der Waals surface area contributed by atoms with Gasteiger partial charge in [0.05, 0.1) is 24.0 Å². The van der Waals surface area contributed by atoms with Crippen LogP contribution in [0.15, 0.2) is 61.1 Å². The van der Waals surface area contributed by atoms with Gasteiger partial charge in [0.25, 0.3) is 5.91 Å². The molecule has 7 nitrogen and oxygen atoms in total. The van der Waals surface area contributed by atoms with Gasteiger partial charge in [0.1, 0.15) is 5.69 Å². The molecule has 0 aliphatic heterocycles. The third-order valence-electron chi connectivity index (χ3n) is 4.69. The number of carbonyl (C=O) groups excluding carboxylic acids is 1. The molecule has 142 valence electrons. The molecule has 0 spiro atoms. The van der Waals surface area contributed by atoms with E-state index in [0.29, 0.717) is 18.7 Å². The number of methoxy groups -OCH3 is 1. The molecule has 28 heavy (non-hydrogen) atoms. The molecule has 0 aliphatic carbocycles. The van der Waals surface area contributed by atoms with Gasteiger partial charge in [-0.2, -0.15) is 5.10 Å². The second-order valence-corrected chi connectivity index (χ2v) is 6.40. The maximum absolute atomic E-state index is 12.6. The normalized spacial score (nSPS) is 11.1. The lowest BCUT2D eigenvalue weighted by molar-refractivity contribution is 0.0936. The van der Waals surface area contributed by atoms with E-state index in [1.165, 1.54) is 0 Å². The number of benzene rings is 1. The summed E-state index contributed by atoms with van der Waals surface area (Å²) in [4.78, 5) is 17.1. The van der Waals surface area contributed by atoms with Crippen LogP contribution in [-0.2, 0) is 4.74 Å². The summed E-state index contributed by atoms with van der Waals surface area (Å²) in [5, 5.41) is 7.28. The number of hydrogen-bond acceptors (Lipinski definition) is 4. The van der Waals surface area contributed by atoms with E-state index in [-0.39, 0.29) is 5.91 Å². The third kappa shape index (κ3) is 3.16. The van der Waals surface area contributed by atoms with Crippen LogP contribution in [0.4, 0.5) is 0 Å². The van der Waals surface area contributed by atoms with Gasteiger partial charge in [-0.1, -0.05) is 12.1 Å². The van der Waals surface area contributed by atoms with Crippen LogP contribution in [0.1, 0.15) is 15.9 Å². The van der Waals surface area contributed by atoms with Crippen molar-refractivity contribution in [2.45, 2.75) is 6.92 Å². The molecular formula is C21H21N5O2. The molecule has 0 radical (unpaired) electrons. The maximum atomic E-state index is 12.6. The smallest absolute Gasteiger partial charge is 0.251 e. The number of fused-ring (bicyclic) bond motifs is 1. The first-order valence-corrected chi connectivity index (χ1v) is 9.04. The minimum atomic E-state index is -0.118. The summed E-state index contributed by atoms with van der Waals surface area (Å²) >= 11 is 0. The first kappa shape index (κ1) is 17.9. The van der Waals surface area contributed by atoms with E-state index >= 15 is 0 Å². The van der Waals surface area contributed by atoms with Crippen molar-refractivity contribution in [2.75, 3.05) is 20.3 Å². The Morgan fingerprint density at radius 3 is 2.86 bits per heavy atom. The van der Waals surface area contributed by atoms with E-state index in [2.05, 4.69) is 15.4 Å². The molecule has 4 aromatic rings. The number of carbonyl (C=O) groups is 1. The van der Waals surface area contributed by atoms with Crippen molar-refractivity contribution >= 4 is 11.4 Å². The van der Waals surface area contributed by atoms with Crippen molar-refractivity contribution in [1.29, 1.82) is 0 Å². The molecule has 0 saturated heterocycles. The highest BCUT2D eigenvalue weighted by Gasteiger charge is 2.16. The fraction of sp³-hybridized carbons (Fsp3) is 0.190. The average Bonchev–Trinajstić information content (AvgIpc) is 3.37. The third-order valence-corrected chi connectivity index (χ3v) is 4.69. The lowest BCUT2D eigenvalue weighted by atomic mass is 10.1. The Kier molecular flexibility index (Phi) is 4.90. The van der Waals surface area contributed by atoms with E-state index in [9.17, 15) is 4.79 Å². The number of rotatable bonds is 6. The highest BCUT2D eigenvalue weighted by atomic mass is 16.5. The monoisotopic (exact) mass is 375 g/mol. The lowest BCUT2D eigenvalue weighted by Gasteiger charge is -2.15. The summed E-state index contributed by atoms with van der Waals surface area (Å²) in [5.41, 5.74) is 4.28. The molecule has 4 rings (SSSR count). The van der Waals surface area contributed by atoms with Gasteiger partial charge in [-0.3, -0.25) is 9.36 Å². The van der Waals surface area contributed by atoms with Crippen molar-refractivity contribution in [2.24, 2.45) is 0 Å². The van der Waals surface area contributed by atoms with Crippen LogP contribution in [-0.4, -0.2) is 45.3 Å². The molecule has 0 atom stereocenters. The van der Waals surface area contributed by atoms with Crippen LogP contribution in [0.3, 0.4) is 0 Å². The maximum Gasteiger partial charge on any atom is 0.251 e. The van der Waals surface area contributed by atoms with Crippen molar-refractivity contribution in [3.8, 4) is 17.2 Å². The summed E-state index contributed by atoms with van der Waals surface area (Å²) < 4.78 is 8.84. The van der Waals surface area contributed by atoms with Gasteiger partial charge in [-0.15, -0.1) is 0 Å². The first-order chi connectivity index (χ1) is 13.7. The molecule has 1 aromatic carbocycles. The number of nitrogens with one attached hydrogen (secondary N) is 1. The Morgan fingerprint density at radius 1 is 1.14 bits per heavy atom. The minimum Gasteiger partial charge on any atom is -0.383 e. The number of ether oxygens (including phenoxy) is 1. The Hall–Kier alpha value is -3.45. The van der Waals surface area contributed by atoms with Crippen LogP contribution in [0.2, 0.25) is 0 Å². The van der Waals surface area contributed by atoms with E-state index in [1.54, 1.807) is 19.5 Å². The zero-order chi connectivity index (χ0) is 19.5. The molecule has 0 fully saturated rings. The Bertz CT molecular complexity index is 1130. The second kappa shape index (κ2) is 7.66. The van der Waals surface area contributed by atoms with Gasteiger partial charge in [-0.05, 0) is 42.8 Å². The number of amides is 1. The Morgan fingerprint density at radius 2 is 2.00 bits per heavy atom. The van der Waals surface area contributed by atoms with E-state index in [0.717, 1.165) is 28.3 Å². The summed E-state index contributed by atoms with van der Waals surface area (Å²) in [6, 6.07) is 13.6. The molecule has 0 aliphatic rings. The molecule has 0 saturated carbocycles. The summed E-state index contributed by atoms with van der Waals surface area (Å²) in [5.74, 6) is 0.640. The van der Waals surface area contributed by atoms with E-state index in [1.807, 2.05) is 64.7 Å². The number of pyridine rings is 1. The fourth-order valence-electron chi connectivity index (χ4n) is 3.30. The molecular weight excluding hydrogens is 354 g/mol. The quantitative estimate of drug-likeness (QED) is 0.526. The standard InChI is InChI=1S/C21H21N5O2/c1-15-17(21(27)23-12-14-28-2)6-4-7-18(15)25-13-11-22-20(25)19-8-3-5-16-9-10-24-26(16)19/h3-11,13H,12,14H2,1-2H3,(H,23,27). The number of nitrogens with zero attached hydrogens (tertiary/aromatic N) is 4. The Balaban J connectivity index is 1.76. The molecule has 0 unspecified atom stereocenters. The van der Waals surface area contributed by atoms with E-state index < -0.39 is 0 Å². The average molecular weight is 375 g/mol. The zero-order valence-corrected chi connectivity index (χ0v) is 15.8. The number of aromatic nitrogens is 4. The zero-order valence-electron chi connectivity index (χ0n) is 15.8. The predicted molar refractivity (Wildman–Crippen MR) is 107 cm³/mol.